The second kappa shape index (κ2) is 9.21. The van der Waals surface area contributed by atoms with Crippen molar-refractivity contribution in [1.82, 2.24) is 0 Å². The Kier molecular flexibility index (Phi) is 7.95. The number of ether oxygens (including phenoxy) is 2. The van der Waals surface area contributed by atoms with Gasteiger partial charge in [0.2, 0.25) is 0 Å². The van der Waals surface area contributed by atoms with Gasteiger partial charge in [-0.25, -0.2) is 0 Å². The van der Waals surface area contributed by atoms with E-state index in [9.17, 15) is 0 Å². The van der Waals surface area contributed by atoms with E-state index in [1.165, 1.54) is 32.1 Å². The Balaban J connectivity index is 2.36. The highest BCUT2D eigenvalue weighted by Gasteiger charge is 2.40. The normalized spacial score (nSPS) is 24.1. The molecule has 2 unspecified atom stereocenters. The maximum absolute atomic E-state index is 6.01. The lowest BCUT2D eigenvalue weighted by molar-refractivity contribution is -0.146. The second-order valence-electron chi connectivity index (χ2n) is 5.97. The average molecular weight is 278 g/mol. The van der Waals surface area contributed by atoms with Crippen LogP contribution in [0.15, 0.2) is 12.7 Å². The number of unbranched alkanes of at least 4 members (excludes halogenated alkanes) is 4. The molecule has 1 rings (SSSR count). The minimum atomic E-state index is -0.459. The van der Waals surface area contributed by atoms with Crippen LogP contribution in [0.25, 0.3) is 0 Å². The second-order valence-corrected chi connectivity index (χ2v) is 5.97. The number of hydrogen-bond donors (Lipinski definition) is 0. The van der Waals surface area contributed by atoms with Gasteiger partial charge in [0.15, 0.2) is 5.79 Å². The SMILES string of the molecule is C=CCC#CCC1OC(C)(C)OC1CCCCCCC. The summed E-state index contributed by atoms with van der Waals surface area (Å²) < 4.78 is 12.0. The molecule has 0 amide bonds. The Morgan fingerprint density at radius 3 is 2.45 bits per heavy atom. The zero-order valence-electron chi connectivity index (χ0n) is 13.4. The molecule has 0 spiro atoms. The van der Waals surface area contributed by atoms with Crippen LogP contribution in [0, 0.1) is 11.8 Å². The Bertz CT molecular complexity index is 335. The summed E-state index contributed by atoms with van der Waals surface area (Å²) in [6.45, 7) is 9.91. The molecule has 0 aromatic rings. The van der Waals surface area contributed by atoms with Crippen LogP contribution in [-0.2, 0) is 9.47 Å². The van der Waals surface area contributed by atoms with Crippen molar-refractivity contribution >= 4 is 0 Å². The van der Waals surface area contributed by atoms with Crippen LogP contribution in [0.5, 0.6) is 0 Å². The van der Waals surface area contributed by atoms with Crippen molar-refractivity contribution < 1.29 is 9.47 Å². The van der Waals surface area contributed by atoms with Crippen molar-refractivity contribution in [2.75, 3.05) is 0 Å². The van der Waals surface area contributed by atoms with E-state index in [4.69, 9.17) is 9.47 Å². The van der Waals surface area contributed by atoms with Crippen LogP contribution in [0.3, 0.4) is 0 Å². The first-order valence-electron chi connectivity index (χ1n) is 8.01. The van der Waals surface area contributed by atoms with Crippen LogP contribution in [0.4, 0.5) is 0 Å². The third-order valence-electron chi connectivity index (χ3n) is 3.55. The zero-order chi connectivity index (χ0) is 14.8. The summed E-state index contributed by atoms with van der Waals surface area (Å²) in [7, 11) is 0. The molecule has 20 heavy (non-hydrogen) atoms. The van der Waals surface area contributed by atoms with E-state index in [0.29, 0.717) is 0 Å². The van der Waals surface area contributed by atoms with E-state index in [1.54, 1.807) is 0 Å². The van der Waals surface area contributed by atoms with Gasteiger partial charge in [-0.05, 0) is 20.3 Å². The van der Waals surface area contributed by atoms with Crippen molar-refractivity contribution in [1.29, 1.82) is 0 Å². The first-order chi connectivity index (χ1) is 9.59. The van der Waals surface area contributed by atoms with Crippen molar-refractivity contribution in [2.24, 2.45) is 0 Å². The van der Waals surface area contributed by atoms with Crippen LogP contribution >= 0.6 is 0 Å². The molecule has 2 heteroatoms. The molecular formula is C18H30O2. The molecule has 2 nitrogen and oxygen atoms in total. The van der Waals surface area contributed by atoms with E-state index in [2.05, 4.69) is 25.3 Å². The fourth-order valence-electron chi connectivity index (χ4n) is 2.59. The quantitative estimate of drug-likeness (QED) is 0.359. The maximum Gasteiger partial charge on any atom is 0.163 e. The third kappa shape index (κ3) is 6.59. The number of hydrogen-bond acceptors (Lipinski definition) is 2. The van der Waals surface area contributed by atoms with Gasteiger partial charge >= 0.3 is 0 Å². The van der Waals surface area contributed by atoms with E-state index in [1.807, 2.05) is 19.9 Å². The van der Waals surface area contributed by atoms with Crippen LogP contribution in [0.1, 0.15) is 72.1 Å². The Morgan fingerprint density at radius 2 is 1.75 bits per heavy atom. The highest BCUT2D eigenvalue weighted by Crippen LogP contribution is 2.32. The molecule has 0 N–H and O–H groups in total. The van der Waals surface area contributed by atoms with Crippen LogP contribution in [0.2, 0.25) is 0 Å². The molecule has 114 valence electrons. The number of allylic oxidation sites excluding steroid dienone is 1. The molecule has 1 fully saturated rings. The van der Waals surface area contributed by atoms with Gasteiger partial charge in [-0.15, -0.1) is 12.5 Å². The molecule has 1 aliphatic rings. The highest BCUT2D eigenvalue weighted by molar-refractivity contribution is 5.05. The van der Waals surface area contributed by atoms with E-state index >= 15 is 0 Å². The van der Waals surface area contributed by atoms with E-state index in [0.717, 1.165) is 19.3 Å². The third-order valence-corrected chi connectivity index (χ3v) is 3.55. The summed E-state index contributed by atoms with van der Waals surface area (Å²) in [5.74, 6) is 5.81. The summed E-state index contributed by atoms with van der Waals surface area (Å²) >= 11 is 0. The number of rotatable bonds is 8. The predicted octanol–water partition coefficient (Wildman–Crippen LogP) is 4.84. The lowest BCUT2D eigenvalue weighted by Crippen LogP contribution is -2.21. The molecule has 2 atom stereocenters. The predicted molar refractivity (Wildman–Crippen MR) is 84.4 cm³/mol. The Morgan fingerprint density at radius 1 is 1.05 bits per heavy atom. The lowest BCUT2D eigenvalue weighted by atomic mass is 10.0. The van der Waals surface area contributed by atoms with Crippen molar-refractivity contribution in [3.63, 3.8) is 0 Å². The van der Waals surface area contributed by atoms with Gasteiger partial charge in [0.05, 0.1) is 12.2 Å². The van der Waals surface area contributed by atoms with Crippen molar-refractivity contribution in [3.05, 3.63) is 12.7 Å². The molecular weight excluding hydrogens is 248 g/mol. The molecule has 1 heterocycles. The molecule has 1 saturated heterocycles. The van der Waals surface area contributed by atoms with E-state index < -0.39 is 5.79 Å². The first kappa shape index (κ1) is 17.3. The van der Waals surface area contributed by atoms with Gasteiger partial charge in [-0.3, -0.25) is 0 Å². The van der Waals surface area contributed by atoms with Gasteiger partial charge in [0.25, 0.3) is 0 Å². The minimum absolute atomic E-state index is 0.119. The molecule has 0 radical (unpaired) electrons. The molecule has 0 aliphatic carbocycles. The summed E-state index contributed by atoms with van der Waals surface area (Å²) in [5.41, 5.74) is 0. The fourth-order valence-corrected chi connectivity index (χ4v) is 2.59. The van der Waals surface area contributed by atoms with Gasteiger partial charge in [0.1, 0.15) is 0 Å². The monoisotopic (exact) mass is 278 g/mol. The Hall–Kier alpha value is -0.780. The molecule has 0 aromatic heterocycles. The first-order valence-corrected chi connectivity index (χ1v) is 8.01. The highest BCUT2D eigenvalue weighted by atomic mass is 16.7. The Labute approximate surface area is 124 Å². The van der Waals surface area contributed by atoms with Gasteiger partial charge in [-0.1, -0.05) is 51.0 Å². The van der Waals surface area contributed by atoms with Crippen LogP contribution in [-0.4, -0.2) is 18.0 Å². The standard InChI is InChI=1S/C18H30O2/c1-5-7-9-11-13-15-17-16(14-12-10-8-6-2)19-18(3,4)20-17/h6,16-17H,2,5,7-9,11,13-15H2,1,3-4H3. The van der Waals surface area contributed by atoms with Gasteiger partial charge < -0.3 is 9.47 Å². The van der Waals surface area contributed by atoms with Crippen molar-refractivity contribution in [2.45, 2.75) is 90.1 Å². The largest absolute Gasteiger partial charge is 0.345 e. The summed E-state index contributed by atoms with van der Waals surface area (Å²) in [5, 5.41) is 0. The van der Waals surface area contributed by atoms with Gasteiger partial charge in [0, 0.05) is 12.8 Å². The maximum atomic E-state index is 6.01. The van der Waals surface area contributed by atoms with E-state index in [-0.39, 0.29) is 12.2 Å². The van der Waals surface area contributed by atoms with Crippen LogP contribution < -0.4 is 0 Å². The summed E-state index contributed by atoms with van der Waals surface area (Å²) in [6.07, 6.45) is 11.2. The zero-order valence-corrected chi connectivity index (χ0v) is 13.4. The minimum Gasteiger partial charge on any atom is -0.345 e. The topological polar surface area (TPSA) is 18.5 Å². The summed E-state index contributed by atoms with van der Waals surface area (Å²) in [6, 6.07) is 0. The van der Waals surface area contributed by atoms with Crippen molar-refractivity contribution in [3.8, 4) is 11.8 Å². The fraction of sp³-hybridized carbons (Fsp3) is 0.778. The lowest BCUT2D eigenvalue weighted by Gasteiger charge is -2.16. The average Bonchev–Trinajstić information content (AvgIpc) is 2.69. The summed E-state index contributed by atoms with van der Waals surface area (Å²) in [4.78, 5) is 0. The molecule has 0 saturated carbocycles. The molecule has 0 aromatic carbocycles. The smallest absolute Gasteiger partial charge is 0.163 e. The molecule has 1 aliphatic heterocycles. The molecule has 0 bridgehead atoms. The van der Waals surface area contributed by atoms with Gasteiger partial charge in [-0.2, -0.15) is 0 Å².